The van der Waals surface area contributed by atoms with Crippen LogP contribution >= 0.6 is 0 Å². The van der Waals surface area contributed by atoms with Crippen molar-refractivity contribution in [3.8, 4) is 0 Å². The molecule has 66 valence electrons. The second-order valence-corrected chi connectivity index (χ2v) is 3.16. The van der Waals surface area contributed by atoms with Crippen molar-refractivity contribution in [1.29, 1.82) is 0 Å². The molecule has 0 atom stereocenters. The fourth-order valence-corrected chi connectivity index (χ4v) is 1.28. The van der Waals surface area contributed by atoms with Crippen molar-refractivity contribution in [2.45, 2.75) is 20.8 Å². The molecular weight excluding hydrogens is 162 g/mol. The molecule has 2 rings (SSSR count). The molecule has 0 bridgehead atoms. The van der Waals surface area contributed by atoms with E-state index in [2.05, 4.69) is 15.0 Å². The third kappa shape index (κ3) is 1.26. The maximum absolute atomic E-state index is 4.45. The van der Waals surface area contributed by atoms with E-state index in [-0.39, 0.29) is 0 Å². The van der Waals surface area contributed by atoms with Gasteiger partial charge in [0.1, 0.15) is 5.52 Å². The fourth-order valence-electron chi connectivity index (χ4n) is 1.28. The van der Waals surface area contributed by atoms with E-state index >= 15 is 0 Å². The van der Waals surface area contributed by atoms with Gasteiger partial charge in [-0.15, -0.1) is 0 Å². The predicted molar refractivity (Wildman–Crippen MR) is 51.5 cm³/mol. The molecule has 0 aliphatic heterocycles. The number of pyridine rings is 1. The molecule has 0 saturated heterocycles. The number of hydrogen-bond donors (Lipinski definition) is 0. The quantitative estimate of drug-likeness (QED) is 0.611. The summed E-state index contributed by atoms with van der Waals surface area (Å²) < 4.78 is 0. The van der Waals surface area contributed by atoms with Crippen LogP contribution in [-0.4, -0.2) is 15.0 Å². The molecule has 3 heteroatoms. The third-order valence-electron chi connectivity index (χ3n) is 2.18. The Balaban J connectivity index is 2.89. The highest BCUT2D eigenvalue weighted by molar-refractivity contribution is 5.76. The lowest BCUT2D eigenvalue weighted by Crippen LogP contribution is -1.95. The van der Waals surface area contributed by atoms with Gasteiger partial charge in [0.25, 0.3) is 0 Å². The molecule has 0 aliphatic rings. The smallest absolute Gasteiger partial charge is 0.110 e. The Bertz CT molecular complexity index is 463. The van der Waals surface area contributed by atoms with Crippen molar-refractivity contribution in [2.24, 2.45) is 0 Å². The molecule has 0 radical (unpaired) electrons. The second kappa shape index (κ2) is 2.76. The third-order valence-corrected chi connectivity index (χ3v) is 2.18. The van der Waals surface area contributed by atoms with Crippen LogP contribution in [0.4, 0.5) is 0 Å². The minimum absolute atomic E-state index is 0.908. The second-order valence-electron chi connectivity index (χ2n) is 3.16. The lowest BCUT2D eigenvalue weighted by Gasteiger charge is -2.03. The first-order valence-corrected chi connectivity index (χ1v) is 4.25. The Morgan fingerprint density at radius 3 is 2.38 bits per heavy atom. The first kappa shape index (κ1) is 8.10. The maximum Gasteiger partial charge on any atom is 0.110 e. The average molecular weight is 173 g/mol. The normalized spacial score (nSPS) is 10.7. The van der Waals surface area contributed by atoms with Gasteiger partial charge in [-0.05, 0) is 26.8 Å². The number of aromatic nitrogens is 3. The summed E-state index contributed by atoms with van der Waals surface area (Å²) in [6.45, 7) is 5.89. The van der Waals surface area contributed by atoms with Crippen molar-refractivity contribution < 1.29 is 0 Å². The lowest BCUT2D eigenvalue weighted by atomic mass is 10.2. The lowest BCUT2D eigenvalue weighted by molar-refractivity contribution is 1.08. The number of aryl methyl sites for hydroxylation is 3. The molecule has 0 unspecified atom stereocenters. The minimum Gasteiger partial charge on any atom is -0.259 e. The van der Waals surface area contributed by atoms with Gasteiger partial charge >= 0.3 is 0 Å². The molecule has 0 saturated carbocycles. The van der Waals surface area contributed by atoms with Crippen LogP contribution in [0.25, 0.3) is 11.0 Å². The van der Waals surface area contributed by atoms with Gasteiger partial charge in [0, 0.05) is 6.20 Å². The van der Waals surface area contributed by atoms with E-state index in [4.69, 9.17) is 0 Å². The van der Waals surface area contributed by atoms with Gasteiger partial charge in [-0.1, -0.05) is 0 Å². The zero-order valence-electron chi connectivity index (χ0n) is 8.00. The molecule has 2 heterocycles. The zero-order chi connectivity index (χ0) is 9.42. The SMILES string of the molecule is Cc1nc2ccnc(C)c2nc1C. The van der Waals surface area contributed by atoms with E-state index in [1.165, 1.54) is 0 Å². The predicted octanol–water partition coefficient (Wildman–Crippen LogP) is 1.95. The molecule has 13 heavy (non-hydrogen) atoms. The van der Waals surface area contributed by atoms with E-state index in [9.17, 15) is 0 Å². The van der Waals surface area contributed by atoms with Gasteiger partial charge in [-0.2, -0.15) is 0 Å². The Labute approximate surface area is 76.9 Å². The van der Waals surface area contributed by atoms with Crippen molar-refractivity contribution in [1.82, 2.24) is 15.0 Å². The van der Waals surface area contributed by atoms with Crippen LogP contribution < -0.4 is 0 Å². The summed E-state index contributed by atoms with van der Waals surface area (Å²) in [6, 6.07) is 1.89. The standard InChI is InChI=1S/C10H11N3/c1-6-7(2)13-10-8(3)11-5-4-9(10)12-6/h4-5H,1-3H3. The highest BCUT2D eigenvalue weighted by Crippen LogP contribution is 2.13. The highest BCUT2D eigenvalue weighted by Gasteiger charge is 2.03. The first-order valence-electron chi connectivity index (χ1n) is 4.25. The van der Waals surface area contributed by atoms with Crippen LogP contribution in [-0.2, 0) is 0 Å². The molecule has 0 amide bonds. The highest BCUT2D eigenvalue weighted by atomic mass is 14.8. The summed E-state index contributed by atoms with van der Waals surface area (Å²) in [7, 11) is 0. The molecule has 2 aromatic heterocycles. The monoisotopic (exact) mass is 173 g/mol. The van der Waals surface area contributed by atoms with Crippen molar-refractivity contribution >= 4 is 11.0 Å². The van der Waals surface area contributed by atoms with Gasteiger partial charge in [0.2, 0.25) is 0 Å². The molecule has 2 aromatic rings. The van der Waals surface area contributed by atoms with E-state index in [1.54, 1.807) is 6.20 Å². The summed E-state index contributed by atoms with van der Waals surface area (Å²) in [5.74, 6) is 0. The van der Waals surface area contributed by atoms with Gasteiger partial charge in [-0.3, -0.25) is 4.98 Å². The van der Waals surface area contributed by atoms with Crippen molar-refractivity contribution in [3.05, 3.63) is 29.3 Å². The first-order chi connectivity index (χ1) is 6.18. The van der Waals surface area contributed by atoms with Crippen LogP contribution in [0.5, 0.6) is 0 Å². The summed E-state index contributed by atoms with van der Waals surface area (Å²) in [4.78, 5) is 13.1. The summed E-state index contributed by atoms with van der Waals surface area (Å²) in [5, 5.41) is 0. The largest absolute Gasteiger partial charge is 0.259 e. The minimum atomic E-state index is 0.908. The topological polar surface area (TPSA) is 38.7 Å². The molecule has 0 spiro atoms. The van der Waals surface area contributed by atoms with Crippen LogP contribution in [0.3, 0.4) is 0 Å². The van der Waals surface area contributed by atoms with Gasteiger partial charge in [0.05, 0.1) is 22.6 Å². The molecule has 0 N–H and O–H groups in total. The Morgan fingerprint density at radius 1 is 0.923 bits per heavy atom. The van der Waals surface area contributed by atoms with Crippen molar-refractivity contribution in [2.75, 3.05) is 0 Å². The number of rotatable bonds is 0. The summed E-state index contributed by atoms with van der Waals surface area (Å²) in [5.41, 5.74) is 4.73. The van der Waals surface area contributed by atoms with Crippen LogP contribution in [0.2, 0.25) is 0 Å². The molecular formula is C10H11N3. The number of nitrogens with zero attached hydrogens (tertiary/aromatic N) is 3. The Morgan fingerprint density at radius 2 is 1.62 bits per heavy atom. The molecule has 0 aromatic carbocycles. The molecule has 0 aliphatic carbocycles. The zero-order valence-corrected chi connectivity index (χ0v) is 8.00. The fraction of sp³-hybridized carbons (Fsp3) is 0.300. The van der Waals surface area contributed by atoms with Crippen LogP contribution in [0, 0.1) is 20.8 Å². The Kier molecular flexibility index (Phi) is 1.72. The van der Waals surface area contributed by atoms with Gasteiger partial charge in [0.15, 0.2) is 0 Å². The van der Waals surface area contributed by atoms with E-state index in [0.29, 0.717) is 0 Å². The molecule has 3 nitrogen and oxygen atoms in total. The van der Waals surface area contributed by atoms with Gasteiger partial charge in [-0.25, -0.2) is 9.97 Å². The van der Waals surface area contributed by atoms with Gasteiger partial charge < -0.3 is 0 Å². The van der Waals surface area contributed by atoms with E-state index < -0.39 is 0 Å². The number of fused-ring (bicyclic) bond motifs is 1. The summed E-state index contributed by atoms with van der Waals surface area (Å²) >= 11 is 0. The summed E-state index contributed by atoms with van der Waals surface area (Å²) in [6.07, 6.45) is 1.76. The molecule has 0 fully saturated rings. The van der Waals surface area contributed by atoms with E-state index in [1.807, 2.05) is 26.8 Å². The van der Waals surface area contributed by atoms with Crippen molar-refractivity contribution in [3.63, 3.8) is 0 Å². The average Bonchev–Trinajstić information content (AvgIpc) is 2.09. The van der Waals surface area contributed by atoms with E-state index in [0.717, 1.165) is 28.1 Å². The Hall–Kier alpha value is -1.51. The van der Waals surface area contributed by atoms with Crippen LogP contribution in [0.15, 0.2) is 12.3 Å². The maximum atomic E-state index is 4.45. The van der Waals surface area contributed by atoms with Crippen LogP contribution in [0.1, 0.15) is 17.1 Å². The number of hydrogen-bond acceptors (Lipinski definition) is 3.